The predicted molar refractivity (Wildman–Crippen MR) is 84.1 cm³/mol. The summed E-state index contributed by atoms with van der Waals surface area (Å²) in [6.07, 6.45) is 11.6. The standard InChI is InChI=1S/C17H22N4O/c1-20-11-4-6-15(20)16-5-2-3-12-21(16)17(22)8-7-14-13-18-9-10-19-14/h4,6,9-11,13,16H,2-3,5,7-8,12H2,1H3/t16-/m1/s1. The average molecular weight is 298 g/mol. The minimum atomic E-state index is 0.211. The van der Waals surface area contributed by atoms with Gasteiger partial charge in [-0.2, -0.15) is 0 Å². The normalized spacial score (nSPS) is 18.4. The van der Waals surface area contributed by atoms with Crippen LogP contribution in [0.2, 0.25) is 0 Å². The van der Waals surface area contributed by atoms with Gasteiger partial charge in [-0.1, -0.05) is 0 Å². The third-order valence-electron chi connectivity index (χ3n) is 4.36. The van der Waals surface area contributed by atoms with E-state index < -0.39 is 0 Å². The van der Waals surface area contributed by atoms with E-state index in [9.17, 15) is 4.79 Å². The van der Waals surface area contributed by atoms with Crippen LogP contribution in [0.5, 0.6) is 0 Å². The van der Waals surface area contributed by atoms with E-state index in [1.165, 1.54) is 12.1 Å². The summed E-state index contributed by atoms with van der Waals surface area (Å²) >= 11 is 0. The first-order chi connectivity index (χ1) is 10.8. The molecule has 22 heavy (non-hydrogen) atoms. The van der Waals surface area contributed by atoms with Crippen LogP contribution < -0.4 is 0 Å². The van der Waals surface area contributed by atoms with Gasteiger partial charge in [0.05, 0.1) is 11.7 Å². The Hall–Kier alpha value is -2.17. The Morgan fingerprint density at radius 1 is 1.36 bits per heavy atom. The second kappa shape index (κ2) is 6.73. The second-order valence-electron chi connectivity index (χ2n) is 5.84. The van der Waals surface area contributed by atoms with Crippen molar-refractivity contribution in [1.29, 1.82) is 0 Å². The Morgan fingerprint density at radius 2 is 2.27 bits per heavy atom. The minimum Gasteiger partial charge on any atom is -0.353 e. The van der Waals surface area contributed by atoms with Crippen molar-refractivity contribution in [3.63, 3.8) is 0 Å². The van der Waals surface area contributed by atoms with Gasteiger partial charge in [-0.05, 0) is 37.8 Å². The number of piperidine rings is 1. The Labute approximate surface area is 131 Å². The Bertz CT molecular complexity index is 623. The first-order valence-corrected chi connectivity index (χ1v) is 7.91. The Balaban J connectivity index is 1.68. The highest BCUT2D eigenvalue weighted by Crippen LogP contribution is 2.31. The number of hydrogen-bond donors (Lipinski definition) is 0. The number of nitrogens with zero attached hydrogens (tertiary/aromatic N) is 4. The van der Waals surface area contributed by atoms with Crippen LogP contribution in [0, 0.1) is 0 Å². The first-order valence-electron chi connectivity index (χ1n) is 7.91. The van der Waals surface area contributed by atoms with Crippen LogP contribution >= 0.6 is 0 Å². The fourth-order valence-electron chi connectivity index (χ4n) is 3.20. The quantitative estimate of drug-likeness (QED) is 0.871. The van der Waals surface area contributed by atoms with Gasteiger partial charge in [0.25, 0.3) is 0 Å². The molecular formula is C17H22N4O. The Morgan fingerprint density at radius 3 is 3.00 bits per heavy atom. The summed E-state index contributed by atoms with van der Waals surface area (Å²) in [6.45, 7) is 0.856. The van der Waals surface area contributed by atoms with Crippen LogP contribution in [0.4, 0.5) is 0 Å². The van der Waals surface area contributed by atoms with Crippen LogP contribution in [0.1, 0.15) is 43.1 Å². The Kier molecular flexibility index (Phi) is 4.51. The van der Waals surface area contributed by atoms with Gasteiger partial charge in [-0.3, -0.25) is 14.8 Å². The number of carbonyl (C=O) groups is 1. The van der Waals surface area contributed by atoms with Crippen molar-refractivity contribution in [3.05, 3.63) is 48.3 Å². The smallest absolute Gasteiger partial charge is 0.223 e. The van der Waals surface area contributed by atoms with Crippen molar-refractivity contribution in [2.24, 2.45) is 7.05 Å². The zero-order chi connectivity index (χ0) is 15.4. The van der Waals surface area contributed by atoms with Gasteiger partial charge in [0, 0.05) is 50.5 Å². The molecule has 2 aromatic rings. The molecule has 1 saturated heterocycles. The fourth-order valence-corrected chi connectivity index (χ4v) is 3.20. The van der Waals surface area contributed by atoms with E-state index in [2.05, 4.69) is 25.5 Å². The zero-order valence-electron chi connectivity index (χ0n) is 13.0. The van der Waals surface area contributed by atoms with Crippen LogP contribution in [0.3, 0.4) is 0 Å². The largest absolute Gasteiger partial charge is 0.353 e. The number of likely N-dealkylation sites (tertiary alicyclic amines) is 1. The number of carbonyl (C=O) groups excluding carboxylic acids is 1. The molecule has 0 N–H and O–H groups in total. The molecule has 0 saturated carbocycles. The average Bonchev–Trinajstić information content (AvgIpc) is 2.99. The van der Waals surface area contributed by atoms with Crippen molar-refractivity contribution in [2.45, 2.75) is 38.1 Å². The lowest BCUT2D eigenvalue weighted by Gasteiger charge is -2.36. The molecule has 0 spiro atoms. The van der Waals surface area contributed by atoms with E-state index in [1.54, 1.807) is 18.6 Å². The van der Waals surface area contributed by atoms with Gasteiger partial charge in [-0.15, -0.1) is 0 Å². The van der Waals surface area contributed by atoms with Crippen molar-refractivity contribution >= 4 is 5.91 Å². The summed E-state index contributed by atoms with van der Waals surface area (Å²) < 4.78 is 2.12. The second-order valence-corrected chi connectivity index (χ2v) is 5.84. The maximum Gasteiger partial charge on any atom is 0.223 e. The lowest BCUT2D eigenvalue weighted by Crippen LogP contribution is -2.39. The van der Waals surface area contributed by atoms with Crippen molar-refractivity contribution < 1.29 is 4.79 Å². The van der Waals surface area contributed by atoms with E-state index >= 15 is 0 Å². The molecule has 0 radical (unpaired) electrons. The molecule has 116 valence electrons. The van der Waals surface area contributed by atoms with Crippen molar-refractivity contribution in [3.8, 4) is 0 Å². The highest BCUT2D eigenvalue weighted by molar-refractivity contribution is 5.77. The molecule has 0 aliphatic carbocycles. The molecule has 0 aromatic carbocycles. The lowest BCUT2D eigenvalue weighted by atomic mass is 9.98. The molecule has 0 unspecified atom stereocenters. The number of hydrogen-bond acceptors (Lipinski definition) is 3. The molecule has 2 aromatic heterocycles. The summed E-state index contributed by atoms with van der Waals surface area (Å²) in [5.74, 6) is 0.219. The highest BCUT2D eigenvalue weighted by Gasteiger charge is 2.28. The molecule has 3 heterocycles. The zero-order valence-corrected chi connectivity index (χ0v) is 13.0. The maximum atomic E-state index is 12.7. The molecular weight excluding hydrogens is 276 g/mol. The van der Waals surface area contributed by atoms with Crippen molar-refractivity contribution in [1.82, 2.24) is 19.4 Å². The topological polar surface area (TPSA) is 51.0 Å². The number of aryl methyl sites for hydroxylation is 2. The summed E-state index contributed by atoms with van der Waals surface area (Å²) in [5, 5.41) is 0. The van der Waals surface area contributed by atoms with Crippen LogP contribution in [0.15, 0.2) is 36.9 Å². The third kappa shape index (κ3) is 3.18. The SMILES string of the molecule is Cn1cccc1[C@H]1CCCCN1C(=O)CCc1cnccn1. The van der Waals surface area contributed by atoms with Gasteiger partial charge in [0.1, 0.15) is 0 Å². The number of amides is 1. The number of aromatic nitrogens is 3. The van der Waals surface area contributed by atoms with Gasteiger partial charge in [-0.25, -0.2) is 0 Å². The van der Waals surface area contributed by atoms with E-state index in [1.807, 2.05) is 19.3 Å². The van der Waals surface area contributed by atoms with E-state index in [0.717, 1.165) is 25.1 Å². The molecule has 1 fully saturated rings. The summed E-state index contributed by atoms with van der Waals surface area (Å²) in [4.78, 5) is 23.0. The van der Waals surface area contributed by atoms with E-state index in [0.29, 0.717) is 12.8 Å². The summed E-state index contributed by atoms with van der Waals surface area (Å²) in [7, 11) is 2.05. The highest BCUT2D eigenvalue weighted by atomic mass is 16.2. The van der Waals surface area contributed by atoms with E-state index in [4.69, 9.17) is 0 Å². The molecule has 5 nitrogen and oxygen atoms in total. The van der Waals surface area contributed by atoms with Crippen LogP contribution in [0.25, 0.3) is 0 Å². The predicted octanol–water partition coefficient (Wildman–Crippen LogP) is 2.50. The molecule has 0 bridgehead atoms. The maximum absolute atomic E-state index is 12.7. The fraction of sp³-hybridized carbons (Fsp3) is 0.471. The van der Waals surface area contributed by atoms with Crippen LogP contribution in [-0.2, 0) is 18.3 Å². The molecule has 1 atom stereocenters. The van der Waals surface area contributed by atoms with Gasteiger partial charge < -0.3 is 9.47 Å². The van der Waals surface area contributed by atoms with Gasteiger partial charge in [0.2, 0.25) is 5.91 Å². The number of rotatable bonds is 4. The van der Waals surface area contributed by atoms with Crippen LogP contribution in [-0.4, -0.2) is 31.9 Å². The van der Waals surface area contributed by atoms with Gasteiger partial charge >= 0.3 is 0 Å². The molecule has 1 amide bonds. The van der Waals surface area contributed by atoms with Gasteiger partial charge in [0.15, 0.2) is 0 Å². The molecule has 1 aliphatic rings. The minimum absolute atomic E-state index is 0.211. The third-order valence-corrected chi connectivity index (χ3v) is 4.36. The lowest BCUT2D eigenvalue weighted by molar-refractivity contribution is -0.135. The monoisotopic (exact) mass is 298 g/mol. The molecule has 1 aliphatic heterocycles. The van der Waals surface area contributed by atoms with E-state index in [-0.39, 0.29) is 11.9 Å². The molecule has 5 heteroatoms. The summed E-state index contributed by atoms with van der Waals surface area (Å²) in [6, 6.07) is 4.38. The molecule has 3 rings (SSSR count). The van der Waals surface area contributed by atoms with Crippen molar-refractivity contribution in [2.75, 3.05) is 6.54 Å². The summed E-state index contributed by atoms with van der Waals surface area (Å²) in [5.41, 5.74) is 2.11. The first kappa shape index (κ1) is 14.8.